The molecule has 2 aromatic rings. The molecule has 0 aromatic heterocycles. The second-order valence-corrected chi connectivity index (χ2v) is 6.88. The van der Waals surface area contributed by atoms with Gasteiger partial charge in [0.05, 0.1) is 23.2 Å². The lowest BCUT2D eigenvalue weighted by Gasteiger charge is -2.28. The van der Waals surface area contributed by atoms with Crippen LogP contribution in [0.25, 0.3) is 0 Å². The highest BCUT2D eigenvalue weighted by Crippen LogP contribution is 2.33. The van der Waals surface area contributed by atoms with Crippen LogP contribution in [-0.4, -0.2) is 19.1 Å². The van der Waals surface area contributed by atoms with Gasteiger partial charge in [-0.25, -0.2) is 9.59 Å². The number of benzene rings is 2. The van der Waals surface area contributed by atoms with Gasteiger partial charge in [-0.2, -0.15) is 0 Å². The van der Waals surface area contributed by atoms with Crippen LogP contribution in [0.5, 0.6) is 5.75 Å². The Morgan fingerprint density at radius 2 is 1.93 bits per heavy atom. The van der Waals surface area contributed by atoms with Crippen LogP contribution in [0.4, 0.5) is 4.79 Å². The number of halogens is 1. The van der Waals surface area contributed by atoms with Gasteiger partial charge in [0, 0.05) is 5.70 Å². The van der Waals surface area contributed by atoms with Crippen LogP contribution in [0, 0.1) is 0 Å². The quantitative estimate of drug-likeness (QED) is 0.706. The number of amides is 2. The molecule has 0 saturated heterocycles. The molecule has 0 spiro atoms. The molecule has 3 rings (SSSR count). The van der Waals surface area contributed by atoms with Gasteiger partial charge in [-0.3, -0.25) is 0 Å². The molecule has 1 atom stereocenters. The number of nitrogens with one attached hydrogen (secondary N) is 2. The number of carbonyl (C=O) groups excluding carboxylic acids is 2. The van der Waals surface area contributed by atoms with E-state index < -0.39 is 12.0 Å². The number of urea groups is 1. The van der Waals surface area contributed by atoms with E-state index in [0.29, 0.717) is 17.0 Å². The topological polar surface area (TPSA) is 76.7 Å². The van der Waals surface area contributed by atoms with Crippen LogP contribution in [0.3, 0.4) is 0 Å². The van der Waals surface area contributed by atoms with E-state index in [1.807, 2.05) is 36.4 Å². The Morgan fingerprint density at radius 1 is 1.19 bits per heavy atom. The van der Waals surface area contributed by atoms with Gasteiger partial charge in [-0.15, -0.1) is 0 Å². The molecule has 0 fully saturated rings. The fourth-order valence-corrected chi connectivity index (χ4v) is 3.44. The molecule has 2 N–H and O–H groups in total. The number of esters is 1. The maximum atomic E-state index is 12.8. The lowest BCUT2D eigenvalue weighted by molar-refractivity contribution is -0.140. The summed E-state index contributed by atoms with van der Waals surface area (Å²) in [5.74, 6) is 0.175. The first kappa shape index (κ1) is 19.0. The van der Waals surface area contributed by atoms with Gasteiger partial charge in [-0.1, -0.05) is 36.4 Å². The number of methoxy groups -OCH3 is 1. The van der Waals surface area contributed by atoms with Gasteiger partial charge in [0.1, 0.15) is 12.4 Å². The van der Waals surface area contributed by atoms with Crippen LogP contribution < -0.4 is 15.4 Å². The molecule has 0 aliphatic carbocycles. The van der Waals surface area contributed by atoms with E-state index in [-0.39, 0.29) is 12.6 Å². The zero-order valence-corrected chi connectivity index (χ0v) is 16.5. The van der Waals surface area contributed by atoms with E-state index >= 15 is 0 Å². The number of rotatable bonds is 5. The van der Waals surface area contributed by atoms with Crippen molar-refractivity contribution in [3.8, 4) is 5.75 Å². The average molecular weight is 431 g/mol. The SMILES string of the molecule is COc1ccc([C@@H]2NC(=O)NC(C)=C2C(=O)OCc2ccccc2)cc1Br. The Morgan fingerprint density at radius 3 is 2.59 bits per heavy atom. The average Bonchev–Trinajstić information content (AvgIpc) is 2.66. The molecule has 6 nitrogen and oxygen atoms in total. The van der Waals surface area contributed by atoms with Crippen molar-refractivity contribution in [2.24, 2.45) is 0 Å². The van der Waals surface area contributed by atoms with Gasteiger partial charge in [-0.05, 0) is 46.1 Å². The van der Waals surface area contributed by atoms with Gasteiger partial charge in [0.15, 0.2) is 0 Å². The normalized spacial score (nSPS) is 16.4. The zero-order chi connectivity index (χ0) is 19.4. The van der Waals surface area contributed by atoms with E-state index in [4.69, 9.17) is 9.47 Å². The number of ether oxygens (including phenoxy) is 2. The minimum absolute atomic E-state index is 0.156. The summed E-state index contributed by atoms with van der Waals surface area (Å²) in [6, 6.07) is 13.8. The molecule has 7 heteroatoms. The fraction of sp³-hybridized carbons (Fsp3) is 0.200. The summed E-state index contributed by atoms with van der Waals surface area (Å²) in [7, 11) is 1.57. The molecular formula is C20H19BrN2O4. The third-order valence-corrected chi connectivity index (χ3v) is 4.83. The highest BCUT2D eigenvalue weighted by Gasteiger charge is 2.32. The lowest BCUT2D eigenvalue weighted by atomic mass is 9.95. The number of allylic oxidation sites excluding steroid dienone is 1. The summed E-state index contributed by atoms with van der Waals surface area (Å²) < 4.78 is 11.4. The largest absolute Gasteiger partial charge is 0.496 e. The van der Waals surface area contributed by atoms with E-state index in [1.165, 1.54) is 0 Å². The third-order valence-electron chi connectivity index (χ3n) is 4.21. The molecular weight excluding hydrogens is 412 g/mol. The smallest absolute Gasteiger partial charge is 0.338 e. The molecule has 0 bridgehead atoms. The van der Waals surface area contributed by atoms with Crippen molar-refractivity contribution in [3.05, 3.63) is 75.4 Å². The van der Waals surface area contributed by atoms with Crippen LogP contribution in [0.15, 0.2) is 64.3 Å². The van der Waals surface area contributed by atoms with Gasteiger partial charge >= 0.3 is 12.0 Å². The molecule has 0 radical (unpaired) electrons. The van der Waals surface area contributed by atoms with E-state index in [0.717, 1.165) is 15.6 Å². The summed E-state index contributed by atoms with van der Waals surface area (Å²) >= 11 is 3.44. The second-order valence-electron chi connectivity index (χ2n) is 6.03. The number of hydrogen-bond acceptors (Lipinski definition) is 4. The summed E-state index contributed by atoms with van der Waals surface area (Å²) in [4.78, 5) is 24.7. The Hall–Kier alpha value is -2.80. The first-order chi connectivity index (χ1) is 13.0. The molecule has 1 aliphatic heterocycles. The van der Waals surface area contributed by atoms with Crippen molar-refractivity contribution in [2.75, 3.05) is 7.11 Å². The highest BCUT2D eigenvalue weighted by molar-refractivity contribution is 9.10. The lowest BCUT2D eigenvalue weighted by Crippen LogP contribution is -2.45. The minimum atomic E-state index is -0.621. The van der Waals surface area contributed by atoms with Crippen molar-refractivity contribution >= 4 is 27.9 Å². The van der Waals surface area contributed by atoms with Crippen LogP contribution in [-0.2, 0) is 16.1 Å². The molecule has 0 unspecified atom stereocenters. The fourth-order valence-electron chi connectivity index (χ4n) is 2.88. The first-order valence-corrected chi connectivity index (χ1v) is 9.11. The van der Waals surface area contributed by atoms with Crippen molar-refractivity contribution in [1.82, 2.24) is 10.6 Å². The predicted octanol–water partition coefficient (Wildman–Crippen LogP) is 3.83. The number of hydrogen-bond donors (Lipinski definition) is 2. The highest BCUT2D eigenvalue weighted by atomic mass is 79.9. The summed E-state index contributed by atoms with van der Waals surface area (Å²) in [6.45, 7) is 1.84. The summed E-state index contributed by atoms with van der Waals surface area (Å²) in [5.41, 5.74) is 2.46. The Balaban J connectivity index is 1.87. The number of carbonyl (C=O) groups is 2. The monoisotopic (exact) mass is 430 g/mol. The predicted molar refractivity (Wildman–Crippen MR) is 104 cm³/mol. The molecule has 1 aliphatic rings. The van der Waals surface area contributed by atoms with Gasteiger partial charge in [0.25, 0.3) is 0 Å². The summed E-state index contributed by atoms with van der Waals surface area (Å²) in [6.07, 6.45) is 0. The Bertz CT molecular complexity index is 896. The van der Waals surface area contributed by atoms with E-state index in [9.17, 15) is 9.59 Å². The molecule has 0 saturated carbocycles. The van der Waals surface area contributed by atoms with Crippen molar-refractivity contribution in [1.29, 1.82) is 0 Å². The van der Waals surface area contributed by atoms with Crippen molar-refractivity contribution < 1.29 is 19.1 Å². The van der Waals surface area contributed by atoms with E-state index in [2.05, 4.69) is 26.6 Å². The summed E-state index contributed by atoms with van der Waals surface area (Å²) in [5, 5.41) is 5.42. The van der Waals surface area contributed by atoms with Crippen LogP contribution in [0.1, 0.15) is 24.1 Å². The van der Waals surface area contributed by atoms with Gasteiger partial charge < -0.3 is 20.1 Å². The Kier molecular flexibility index (Phi) is 5.81. The maximum absolute atomic E-state index is 12.8. The molecule has 1 heterocycles. The van der Waals surface area contributed by atoms with Crippen LogP contribution in [0.2, 0.25) is 0 Å². The maximum Gasteiger partial charge on any atom is 0.338 e. The zero-order valence-electron chi connectivity index (χ0n) is 14.9. The van der Waals surface area contributed by atoms with E-state index in [1.54, 1.807) is 26.2 Å². The van der Waals surface area contributed by atoms with Gasteiger partial charge in [0.2, 0.25) is 0 Å². The van der Waals surface area contributed by atoms with Crippen molar-refractivity contribution in [3.63, 3.8) is 0 Å². The Labute approximate surface area is 165 Å². The third kappa shape index (κ3) is 4.31. The molecule has 27 heavy (non-hydrogen) atoms. The minimum Gasteiger partial charge on any atom is -0.496 e. The van der Waals surface area contributed by atoms with Crippen molar-refractivity contribution in [2.45, 2.75) is 19.6 Å². The molecule has 2 amide bonds. The second kappa shape index (κ2) is 8.26. The first-order valence-electron chi connectivity index (χ1n) is 8.32. The molecule has 140 valence electrons. The molecule has 2 aromatic carbocycles. The van der Waals surface area contributed by atoms with Crippen LogP contribution >= 0.6 is 15.9 Å². The standard InChI is InChI=1S/C20H19BrN2O4/c1-12-17(19(24)27-11-13-6-4-3-5-7-13)18(23-20(25)22-12)14-8-9-16(26-2)15(21)10-14/h3-10,18H,11H2,1-2H3,(H2,22,23,25)/t18-/m0/s1.